The first kappa shape index (κ1) is 19.6. The van der Waals surface area contributed by atoms with Crippen LogP contribution in [0.25, 0.3) is 17.1 Å². The fourth-order valence-corrected chi connectivity index (χ4v) is 4.59. The molecule has 1 atom stereocenters. The number of thioether (sulfide) groups is 1. The average molecular weight is 408 g/mol. The number of hydrogen-bond acceptors (Lipinski definition) is 5. The highest BCUT2D eigenvalue weighted by Gasteiger charge is 2.24. The molecule has 7 heteroatoms. The molecule has 0 N–H and O–H groups in total. The third-order valence-electron chi connectivity index (χ3n) is 5.36. The van der Waals surface area contributed by atoms with Crippen molar-refractivity contribution in [3.63, 3.8) is 0 Å². The van der Waals surface area contributed by atoms with Gasteiger partial charge in [-0.05, 0) is 56.9 Å². The van der Waals surface area contributed by atoms with Crippen LogP contribution in [0.1, 0.15) is 31.7 Å². The van der Waals surface area contributed by atoms with E-state index in [0.717, 1.165) is 47.2 Å². The summed E-state index contributed by atoms with van der Waals surface area (Å²) in [5, 5.41) is 9.58. The van der Waals surface area contributed by atoms with Gasteiger partial charge in [-0.15, -0.1) is 10.2 Å². The van der Waals surface area contributed by atoms with Crippen molar-refractivity contribution in [3.8, 4) is 17.1 Å². The Kier molecular flexibility index (Phi) is 5.94. The van der Waals surface area contributed by atoms with Gasteiger partial charge in [0.25, 0.3) is 0 Å². The van der Waals surface area contributed by atoms with Crippen molar-refractivity contribution < 1.29 is 4.79 Å². The summed E-state index contributed by atoms with van der Waals surface area (Å²) in [6.07, 6.45) is 6.90. The zero-order valence-electron chi connectivity index (χ0n) is 16.8. The molecule has 1 aliphatic rings. The lowest BCUT2D eigenvalue weighted by Crippen LogP contribution is -2.42. The van der Waals surface area contributed by atoms with E-state index < -0.39 is 0 Å². The van der Waals surface area contributed by atoms with Gasteiger partial charge in [0, 0.05) is 30.5 Å². The van der Waals surface area contributed by atoms with E-state index in [1.165, 1.54) is 18.2 Å². The molecule has 1 aliphatic heterocycles. The van der Waals surface area contributed by atoms with Crippen LogP contribution in [0.2, 0.25) is 0 Å². The predicted octanol–water partition coefficient (Wildman–Crippen LogP) is 4.13. The number of amides is 1. The minimum atomic E-state index is 0.171. The molecule has 4 rings (SSSR count). The van der Waals surface area contributed by atoms with Crippen LogP contribution >= 0.6 is 11.8 Å². The number of pyridine rings is 1. The molecule has 0 aliphatic carbocycles. The summed E-state index contributed by atoms with van der Waals surface area (Å²) < 4.78 is 2.03. The van der Waals surface area contributed by atoms with Crippen molar-refractivity contribution >= 4 is 17.7 Å². The molecule has 1 saturated heterocycles. The Labute approximate surface area is 175 Å². The van der Waals surface area contributed by atoms with Gasteiger partial charge in [0.15, 0.2) is 11.0 Å². The highest BCUT2D eigenvalue weighted by molar-refractivity contribution is 7.99. The third kappa shape index (κ3) is 4.19. The van der Waals surface area contributed by atoms with E-state index in [1.807, 2.05) is 33.7 Å². The maximum Gasteiger partial charge on any atom is 0.233 e. The molecular weight excluding hydrogens is 382 g/mol. The zero-order chi connectivity index (χ0) is 20.2. The van der Waals surface area contributed by atoms with Crippen LogP contribution in [0.4, 0.5) is 0 Å². The van der Waals surface area contributed by atoms with Gasteiger partial charge in [0.1, 0.15) is 0 Å². The van der Waals surface area contributed by atoms with E-state index in [9.17, 15) is 4.79 Å². The molecule has 3 heterocycles. The SMILES string of the molecule is Cc1ccccc1-n1c(SCC(=O)N2CCCC[C@H]2C)nnc1-c1cccnc1. The molecule has 2 aromatic heterocycles. The molecule has 6 nitrogen and oxygen atoms in total. The Balaban J connectivity index is 1.64. The molecule has 29 heavy (non-hydrogen) atoms. The maximum atomic E-state index is 12.8. The van der Waals surface area contributed by atoms with Gasteiger partial charge >= 0.3 is 0 Å². The van der Waals surface area contributed by atoms with E-state index in [0.29, 0.717) is 11.8 Å². The van der Waals surface area contributed by atoms with Gasteiger partial charge in [-0.25, -0.2) is 0 Å². The quantitative estimate of drug-likeness (QED) is 0.595. The van der Waals surface area contributed by atoms with Crippen LogP contribution < -0.4 is 0 Å². The smallest absolute Gasteiger partial charge is 0.233 e. The number of rotatable bonds is 5. The van der Waals surface area contributed by atoms with Gasteiger partial charge in [-0.2, -0.15) is 0 Å². The Morgan fingerprint density at radius 1 is 1.17 bits per heavy atom. The normalized spacial score (nSPS) is 16.8. The summed E-state index contributed by atoms with van der Waals surface area (Å²) in [5.41, 5.74) is 3.03. The summed E-state index contributed by atoms with van der Waals surface area (Å²) in [7, 11) is 0. The number of piperidine rings is 1. The topological polar surface area (TPSA) is 63.9 Å². The molecule has 0 spiro atoms. The second kappa shape index (κ2) is 8.78. The van der Waals surface area contributed by atoms with Crippen molar-refractivity contribution in [2.24, 2.45) is 0 Å². The lowest BCUT2D eigenvalue weighted by Gasteiger charge is -2.33. The van der Waals surface area contributed by atoms with Crippen molar-refractivity contribution in [3.05, 3.63) is 54.4 Å². The lowest BCUT2D eigenvalue weighted by atomic mass is 10.0. The van der Waals surface area contributed by atoms with Crippen LogP contribution in [0.5, 0.6) is 0 Å². The Bertz CT molecular complexity index is 988. The molecule has 0 radical (unpaired) electrons. The number of aromatic nitrogens is 4. The standard InChI is InChI=1S/C22H25N5OS/c1-16-8-3-4-11-19(16)27-21(18-10-7-12-23-14-18)24-25-22(27)29-15-20(28)26-13-6-5-9-17(26)2/h3-4,7-8,10-12,14,17H,5-6,9,13,15H2,1-2H3/t17-/m1/s1. The molecule has 0 unspecified atom stereocenters. The van der Waals surface area contributed by atoms with Gasteiger partial charge in [0.05, 0.1) is 11.4 Å². The zero-order valence-corrected chi connectivity index (χ0v) is 17.6. The molecule has 1 aromatic carbocycles. The molecule has 150 valence electrons. The van der Waals surface area contributed by atoms with Crippen LogP contribution in [0.3, 0.4) is 0 Å². The summed E-state index contributed by atoms with van der Waals surface area (Å²) in [4.78, 5) is 19.0. The summed E-state index contributed by atoms with van der Waals surface area (Å²) in [5.74, 6) is 1.26. The monoisotopic (exact) mass is 407 g/mol. The van der Waals surface area contributed by atoms with Gasteiger partial charge in [-0.3, -0.25) is 14.3 Å². The van der Waals surface area contributed by atoms with E-state index in [1.54, 1.807) is 12.4 Å². The maximum absolute atomic E-state index is 12.8. The number of carbonyl (C=O) groups excluding carboxylic acids is 1. The fraction of sp³-hybridized carbons (Fsp3) is 0.364. The minimum absolute atomic E-state index is 0.171. The van der Waals surface area contributed by atoms with Crippen LogP contribution in [-0.2, 0) is 4.79 Å². The van der Waals surface area contributed by atoms with Crippen molar-refractivity contribution in [2.45, 2.75) is 44.3 Å². The lowest BCUT2D eigenvalue weighted by molar-refractivity contribution is -0.131. The van der Waals surface area contributed by atoms with Crippen molar-refractivity contribution in [2.75, 3.05) is 12.3 Å². The van der Waals surface area contributed by atoms with Crippen LogP contribution in [-0.4, -0.2) is 48.9 Å². The van der Waals surface area contributed by atoms with E-state index in [-0.39, 0.29) is 5.91 Å². The highest BCUT2D eigenvalue weighted by Crippen LogP contribution is 2.29. The number of carbonyl (C=O) groups is 1. The number of para-hydroxylation sites is 1. The van der Waals surface area contributed by atoms with Crippen molar-refractivity contribution in [1.29, 1.82) is 0 Å². The van der Waals surface area contributed by atoms with Crippen molar-refractivity contribution in [1.82, 2.24) is 24.6 Å². The third-order valence-corrected chi connectivity index (χ3v) is 6.27. The predicted molar refractivity (Wildman–Crippen MR) is 115 cm³/mol. The number of aryl methyl sites for hydroxylation is 1. The first-order valence-corrected chi connectivity index (χ1v) is 11.0. The summed E-state index contributed by atoms with van der Waals surface area (Å²) in [6, 6.07) is 12.3. The van der Waals surface area contributed by atoms with Gasteiger partial charge in [0.2, 0.25) is 5.91 Å². The average Bonchev–Trinajstić information content (AvgIpc) is 3.17. The van der Waals surface area contributed by atoms with E-state index >= 15 is 0 Å². The van der Waals surface area contributed by atoms with E-state index in [2.05, 4.69) is 41.2 Å². The number of likely N-dealkylation sites (tertiary alicyclic amines) is 1. The molecule has 1 amide bonds. The number of benzene rings is 1. The second-order valence-corrected chi connectivity index (χ2v) is 8.33. The highest BCUT2D eigenvalue weighted by atomic mass is 32.2. The molecule has 0 bridgehead atoms. The Morgan fingerprint density at radius 3 is 2.79 bits per heavy atom. The first-order valence-electron chi connectivity index (χ1n) is 9.99. The van der Waals surface area contributed by atoms with Gasteiger partial charge in [-0.1, -0.05) is 30.0 Å². The van der Waals surface area contributed by atoms with Crippen LogP contribution in [0, 0.1) is 6.92 Å². The largest absolute Gasteiger partial charge is 0.339 e. The first-order chi connectivity index (χ1) is 14.1. The molecule has 0 saturated carbocycles. The number of hydrogen-bond donors (Lipinski definition) is 0. The minimum Gasteiger partial charge on any atom is -0.339 e. The Hall–Kier alpha value is -2.67. The number of nitrogens with zero attached hydrogens (tertiary/aromatic N) is 5. The van der Waals surface area contributed by atoms with Gasteiger partial charge < -0.3 is 4.90 Å². The molecule has 1 fully saturated rings. The molecule has 3 aromatic rings. The fourth-order valence-electron chi connectivity index (χ4n) is 3.75. The summed E-state index contributed by atoms with van der Waals surface area (Å²) in [6.45, 7) is 5.06. The summed E-state index contributed by atoms with van der Waals surface area (Å²) >= 11 is 1.45. The molecular formula is C22H25N5OS. The van der Waals surface area contributed by atoms with E-state index in [4.69, 9.17) is 0 Å². The second-order valence-electron chi connectivity index (χ2n) is 7.39. The Morgan fingerprint density at radius 2 is 2.03 bits per heavy atom. The van der Waals surface area contributed by atoms with Crippen LogP contribution in [0.15, 0.2) is 53.9 Å².